The van der Waals surface area contributed by atoms with Crippen molar-refractivity contribution in [1.29, 1.82) is 0 Å². The molecule has 0 radical (unpaired) electrons. The highest BCUT2D eigenvalue weighted by atomic mass is 35.5. The van der Waals surface area contributed by atoms with Crippen molar-refractivity contribution in [3.05, 3.63) is 82.4 Å². The maximum atomic E-state index is 14.3. The Morgan fingerprint density at radius 1 is 0.907 bits per heavy atom. The van der Waals surface area contributed by atoms with Crippen LogP contribution in [0.4, 0.5) is 5.69 Å². The number of benzene rings is 3. The number of nitrogens with one attached hydrogen (secondary N) is 1. The predicted molar refractivity (Wildman–Crippen MR) is 169 cm³/mol. The highest BCUT2D eigenvalue weighted by Crippen LogP contribution is 2.33. The lowest BCUT2D eigenvalue weighted by molar-refractivity contribution is -0.140. The fourth-order valence-corrected chi connectivity index (χ4v) is 6.34. The van der Waals surface area contributed by atoms with Gasteiger partial charge in [-0.05, 0) is 79.8 Å². The summed E-state index contributed by atoms with van der Waals surface area (Å²) in [7, 11) is -1.41. The van der Waals surface area contributed by atoms with Gasteiger partial charge < -0.3 is 19.7 Å². The van der Waals surface area contributed by atoms with Crippen molar-refractivity contribution in [2.24, 2.45) is 0 Å². The number of nitrogens with zero attached hydrogens (tertiary/aromatic N) is 2. The maximum absolute atomic E-state index is 14.3. The molecule has 11 heteroatoms. The van der Waals surface area contributed by atoms with Crippen molar-refractivity contribution in [3.63, 3.8) is 0 Å². The summed E-state index contributed by atoms with van der Waals surface area (Å²) < 4.78 is 40.2. The van der Waals surface area contributed by atoms with E-state index in [0.717, 1.165) is 27.4 Å². The number of methoxy groups -OCH3 is 2. The summed E-state index contributed by atoms with van der Waals surface area (Å²) in [4.78, 5) is 28.8. The summed E-state index contributed by atoms with van der Waals surface area (Å²) in [5, 5.41) is 3.42. The molecule has 2 amide bonds. The molecular weight excluding hydrogens is 590 g/mol. The number of sulfonamides is 1. The lowest BCUT2D eigenvalue weighted by Crippen LogP contribution is -2.52. The number of halogens is 1. The van der Waals surface area contributed by atoms with E-state index in [4.69, 9.17) is 21.1 Å². The largest absolute Gasteiger partial charge is 0.493 e. The van der Waals surface area contributed by atoms with Gasteiger partial charge in [0.1, 0.15) is 12.6 Å². The molecule has 1 atom stereocenters. The number of rotatable bonds is 14. The second-order valence-corrected chi connectivity index (χ2v) is 12.5. The van der Waals surface area contributed by atoms with E-state index in [-0.39, 0.29) is 23.1 Å². The van der Waals surface area contributed by atoms with E-state index < -0.39 is 28.5 Å². The van der Waals surface area contributed by atoms with Gasteiger partial charge in [0.05, 0.1) is 24.8 Å². The Labute approximate surface area is 259 Å². The van der Waals surface area contributed by atoms with Crippen LogP contribution in [0.5, 0.6) is 11.5 Å². The van der Waals surface area contributed by atoms with Crippen molar-refractivity contribution in [1.82, 2.24) is 10.2 Å². The lowest BCUT2D eigenvalue weighted by atomic mass is 10.1. The van der Waals surface area contributed by atoms with E-state index >= 15 is 0 Å². The summed E-state index contributed by atoms with van der Waals surface area (Å²) in [6.45, 7) is 7.49. The molecule has 3 rings (SSSR count). The van der Waals surface area contributed by atoms with Crippen molar-refractivity contribution >= 4 is 39.1 Å². The van der Waals surface area contributed by atoms with Crippen molar-refractivity contribution < 1.29 is 27.5 Å². The van der Waals surface area contributed by atoms with Gasteiger partial charge in [0.15, 0.2) is 11.5 Å². The first-order chi connectivity index (χ1) is 20.4. The van der Waals surface area contributed by atoms with Gasteiger partial charge in [-0.2, -0.15) is 0 Å². The second kappa shape index (κ2) is 15.1. The number of carbonyl (C=O) groups is 2. The van der Waals surface area contributed by atoms with E-state index in [9.17, 15) is 18.0 Å². The first-order valence-corrected chi connectivity index (χ1v) is 15.9. The zero-order chi connectivity index (χ0) is 31.7. The Hall–Kier alpha value is -3.76. The third-order valence-electron chi connectivity index (χ3n) is 6.92. The summed E-state index contributed by atoms with van der Waals surface area (Å²) in [6, 6.07) is 15.8. The summed E-state index contributed by atoms with van der Waals surface area (Å²) in [5.74, 6) is -0.226. The molecule has 43 heavy (non-hydrogen) atoms. The molecule has 0 spiro atoms. The van der Waals surface area contributed by atoms with E-state index in [1.165, 1.54) is 37.3 Å². The highest BCUT2D eigenvalue weighted by molar-refractivity contribution is 7.92. The Kier molecular flexibility index (Phi) is 11.9. The molecular formula is C32H40ClN3O6S. The predicted octanol–water partition coefficient (Wildman–Crippen LogP) is 5.50. The average Bonchev–Trinajstić information content (AvgIpc) is 2.98. The smallest absolute Gasteiger partial charge is 0.264 e. The molecule has 0 bridgehead atoms. The summed E-state index contributed by atoms with van der Waals surface area (Å²) in [5.41, 5.74) is 2.74. The van der Waals surface area contributed by atoms with Crippen LogP contribution in [0.2, 0.25) is 5.02 Å². The standard InChI is InChI=1S/C32H40ClN3O6S/c1-7-15-34-32(38)28(8-2)35(20-24-9-11-25(33)12-10-24)31(37)21-36(26-17-22(3)16-23(4)18-26)43(39,40)27-13-14-29(41-5)30(19-27)42-6/h9-14,16-19,28H,7-8,15,20-21H2,1-6H3,(H,34,38)/t28-/m0/s1. The highest BCUT2D eigenvalue weighted by Gasteiger charge is 2.34. The SMILES string of the molecule is CCCNC(=O)[C@H](CC)N(Cc1ccc(Cl)cc1)C(=O)CN(c1cc(C)cc(C)c1)S(=O)(=O)c1ccc(OC)c(OC)c1. The maximum Gasteiger partial charge on any atom is 0.264 e. The monoisotopic (exact) mass is 629 g/mol. The van der Waals surface area contributed by atoms with Crippen molar-refractivity contribution in [2.45, 2.75) is 58.0 Å². The second-order valence-electron chi connectivity index (χ2n) is 10.2. The van der Waals surface area contributed by atoms with Gasteiger partial charge >= 0.3 is 0 Å². The van der Waals surface area contributed by atoms with Crippen LogP contribution in [0, 0.1) is 13.8 Å². The summed E-state index contributed by atoms with van der Waals surface area (Å²) in [6.07, 6.45) is 1.07. The van der Waals surface area contributed by atoms with E-state index in [1.54, 1.807) is 36.4 Å². The zero-order valence-corrected chi connectivity index (χ0v) is 27.1. The van der Waals surface area contributed by atoms with Crippen molar-refractivity contribution in [3.8, 4) is 11.5 Å². The molecule has 0 fully saturated rings. The fourth-order valence-electron chi connectivity index (χ4n) is 4.80. The third kappa shape index (κ3) is 8.42. The number of amides is 2. The number of hydrogen-bond acceptors (Lipinski definition) is 6. The molecule has 1 N–H and O–H groups in total. The van der Waals surface area contributed by atoms with Gasteiger partial charge in [0, 0.05) is 24.2 Å². The summed E-state index contributed by atoms with van der Waals surface area (Å²) >= 11 is 6.08. The zero-order valence-electron chi connectivity index (χ0n) is 25.5. The van der Waals surface area contributed by atoms with Crippen LogP contribution in [0.15, 0.2) is 65.6 Å². The van der Waals surface area contributed by atoms with Gasteiger partial charge in [-0.25, -0.2) is 8.42 Å². The molecule has 0 unspecified atom stereocenters. The van der Waals surface area contributed by atoms with Gasteiger partial charge in [0.2, 0.25) is 11.8 Å². The third-order valence-corrected chi connectivity index (χ3v) is 8.94. The van der Waals surface area contributed by atoms with Crippen LogP contribution in [0.25, 0.3) is 0 Å². The molecule has 232 valence electrons. The molecule has 3 aromatic rings. The number of ether oxygens (including phenoxy) is 2. The average molecular weight is 630 g/mol. The molecule has 0 aromatic heterocycles. The Bertz CT molecular complexity index is 1510. The van der Waals surface area contributed by atoms with Crippen LogP contribution >= 0.6 is 11.6 Å². The minimum absolute atomic E-state index is 0.0749. The molecule has 0 aliphatic rings. The Balaban J connectivity index is 2.12. The lowest BCUT2D eigenvalue weighted by Gasteiger charge is -2.33. The molecule has 0 saturated heterocycles. The normalized spacial score (nSPS) is 11.9. The molecule has 0 heterocycles. The molecule has 0 aliphatic heterocycles. The Morgan fingerprint density at radius 3 is 2.09 bits per heavy atom. The van der Waals surface area contributed by atoms with Crippen LogP contribution < -0.4 is 19.1 Å². The van der Waals surface area contributed by atoms with Crippen LogP contribution in [-0.2, 0) is 26.2 Å². The van der Waals surface area contributed by atoms with Gasteiger partial charge in [-0.15, -0.1) is 0 Å². The number of anilines is 1. The van der Waals surface area contributed by atoms with Crippen LogP contribution in [-0.4, -0.2) is 58.5 Å². The molecule has 3 aromatic carbocycles. The first-order valence-electron chi connectivity index (χ1n) is 14.1. The number of hydrogen-bond donors (Lipinski definition) is 1. The van der Waals surface area contributed by atoms with Crippen LogP contribution in [0.1, 0.15) is 43.4 Å². The Morgan fingerprint density at radius 2 is 1.53 bits per heavy atom. The topological polar surface area (TPSA) is 105 Å². The van der Waals surface area contributed by atoms with Crippen LogP contribution in [0.3, 0.4) is 0 Å². The van der Waals surface area contributed by atoms with Gasteiger partial charge in [-0.1, -0.05) is 43.6 Å². The number of aryl methyl sites for hydroxylation is 2. The first kappa shape index (κ1) is 33.7. The van der Waals surface area contributed by atoms with E-state index in [0.29, 0.717) is 29.4 Å². The minimum atomic E-state index is -4.29. The van der Waals surface area contributed by atoms with E-state index in [1.807, 2.05) is 33.8 Å². The molecule has 0 saturated carbocycles. The number of carbonyl (C=O) groups excluding carboxylic acids is 2. The molecule has 9 nitrogen and oxygen atoms in total. The van der Waals surface area contributed by atoms with E-state index in [2.05, 4.69) is 5.32 Å². The van der Waals surface area contributed by atoms with Gasteiger partial charge in [-0.3, -0.25) is 13.9 Å². The van der Waals surface area contributed by atoms with Crippen molar-refractivity contribution in [2.75, 3.05) is 31.6 Å². The molecule has 0 aliphatic carbocycles. The minimum Gasteiger partial charge on any atom is -0.493 e. The van der Waals surface area contributed by atoms with Gasteiger partial charge in [0.25, 0.3) is 10.0 Å². The quantitative estimate of drug-likeness (QED) is 0.252. The fraction of sp³-hybridized carbons (Fsp3) is 0.375.